The molecule has 0 saturated carbocycles. The second-order valence-electron chi connectivity index (χ2n) is 1.01. The van der Waals surface area contributed by atoms with Crippen LogP contribution in [-0.2, 0) is 0 Å². The maximum absolute atomic E-state index is 8.28. The van der Waals surface area contributed by atoms with Crippen LogP contribution in [-0.4, -0.2) is 27.3 Å². The molecule has 0 aliphatic rings. The monoisotopic (exact) mass is 172 g/mol. The minimum Gasteiger partial charge on any atom is -0.367 e. The van der Waals surface area contributed by atoms with Crippen molar-refractivity contribution in [2.45, 2.75) is 6.29 Å². The molecule has 0 unspecified atom stereocenters. The van der Waals surface area contributed by atoms with Gasteiger partial charge < -0.3 is 10.2 Å². The lowest BCUT2D eigenvalue weighted by atomic mass is 10.8. The molecule has 0 saturated heterocycles. The van der Waals surface area contributed by atoms with Crippen LogP contribution in [0.1, 0.15) is 0 Å². The Morgan fingerprint density at radius 2 is 2.00 bits per heavy atom. The van der Waals surface area contributed by atoms with Crippen LogP contribution in [0.5, 0.6) is 0 Å². The van der Waals surface area contributed by atoms with Crippen LogP contribution in [0.15, 0.2) is 0 Å². The van der Waals surface area contributed by atoms with Crippen molar-refractivity contribution >= 4 is 34.2 Å². The van der Waals surface area contributed by atoms with Crippen molar-refractivity contribution < 1.29 is 10.2 Å². The van der Waals surface area contributed by atoms with E-state index in [4.69, 9.17) is 10.2 Å². The molecule has 0 radical (unpaired) electrons. The van der Waals surface area contributed by atoms with E-state index in [1.54, 1.807) is 0 Å². The summed E-state index contributed by atoms with van der Waals surface area (Å²) >= 11 is 3.90. The van der Waals surface area contributed by atoms with Gasteiger partial charge in [0.15, 0.2) is 6.29 Å². The van der Waals surface area contributed by atoms with E-state index in [2.05, 4.69) is 12.6 Å². The first-order chi connectivity index (χ1) is 3.77. The zero-order valence-corrected chi connectivity index (χ0v) is 6.68. The minimum absolute atomic E-state index is 0.352. The summed E-state index contributed by atoms with van der Waals surface area (Å²) in [7, 11) is 2.90. The summed E-state index contributed by atoms with van der Waals surface area (Å²) in [5.74, 6) is 0.352. The minimum atomic E-state index is -1.19. The molecule has 2 nitrogen and oxygen atoms in total. The van der Waals surface area contributed by atoms with Gasteiger partial charge in [0.2, 0.25) is 0 Å². The van der Waals surface area contributed by atoms with Gasteiger partial charge >= 0.3 is 0 Å². The average molecular weight is 172 g/mol. The van der Waals surface area contributed by atoms with Gasteiger partial charge in [-0.05, 0) is 0 Å². The Bertz CT molecular complexity index is 49.8. The highest BCUT2D eigenvalue weighted by molar-refractivity contribution is 8.77. The maximum Gasteiger partial charge on any atom is 0.161 e. The van der Waals surface area contributed by atoms with E-state index in [1.807, 2.05) is 0 Å². The summed E-state index contributed by atoms with van der Waals surface area (Å²) in [6.45, 7) is 0. The Morgan fingerprint density at radius 3 is 2.38 bits per heavy atom. The van der Waals surface area contributed by atoms with Crippen LogP contribution in [0.25, 0.3) is 0 Å². The molecule has 50 valence electrons. The van der Waals surface area contributed by atoms with Gasteiger partial charge in [0.1, 0.15) is 0 Å². The number of hydrogen-bond acceptors (Lipinski definition) is 5. The van der Waals surface area contributed by atoms with E-state index < -0.39 is 6.29 Å². The van der Waals surface area contributed by atoms with Crippen LogP contribution in [0.3, 0.4) is 0 Å². The predicted molar refractivity (Wildman–Crippen MR) is 42.1 cm³/mol. The zero-order valence-electron chi connectivity index (χ0n) is 4.15. The standard InChI is InChI=1S/C3H8O2S3/c4-3(5)1-7-8-2-6/h3-6H,1-2H2. The SMILES string of the molecule is OC(O)CSSCS. The number of aliphatic hydroxyl groups is 2. The Hall–Kier alpha value is 0.970. The molecular weight excluding hydrogens is 164 g/mol. The smallest absolute Gasteiger partial charge is 0.161 e. The largest absolute Gasteiger partial charge is 0.367 e. The molecule has 8 heavy (non-hydrogen) atoms. The molecule has 0 aliphatic carbocycles. The summed E-state index contributed by atoms with van der Waals surface area (Å²) in [4.78, 5) is 0. The summed E-state index contributed by atoms with van der Waals surface area (Å²) in [5.41, 5.74) is 0. The van der Waals surface area contributed by atoms with Crippen LogP contribution in [0.2, 0.25) is 0 Å². The first kappa shape index (κ1) is 8.97. The third-order valence-corrected chi connectivity index (χ3v) is 3.23. The normalized spacial score (nSPS) is 10.5. The van der Waals surface area contributed by atoms with Crippen molar-refractivity contribution in [3.63, 3.8) is 0 Å². The van der Waals surface area contributed by atoms with Crippen LogP contribution in [0.4, 0.5) is 0 Å². The van der Waals surface area contributed by atoms with Crippen LogP contribution < -0.4 is 0 Å². The molecule has 0 bridgehead atoms. The second kappa shape index (κ2) is 6.10. The summed E-state index contributed by atoms with van der Waals surface area (Å²) in [5, 5.41) is 17.3. The average Bonchev–Trinajstić information content (AvgIpc) is 1.66. The molecule has 0 aromatic heterocycles. The molecule has 0 aromatic rings. The Balaban J connectivity index is 2.72. The first-order valence-corrected chi connectivity index (χ1v) is 5.11. The van der Waals surface area contributed by atoms with E-state index in [-0.39, 0.29) is 0 Å². The molecule has 0 spiro atoms. The van der Waals surface area contributed by atoms with E-state index >= 15 is 0 Å². The predicted octanol–water partition coefficient (Wildman–Crippen LogP) is 0.566. The summed E-state index contributed by atoms with van der Waals surface area (Å²) in [6, 6.07) is 0. The number of hydrogen-bond donors (Lipinski definition) is 3. The molecule has 0 aromatic carbocycles. The number of aliphatic hydroxyl groups excluding tert-OH is 1. The van der Waals surface area contributed by atoms with Crippen molar-refractivity contribution in [3.05, 3.63) is 0 Å². The van der Waals surface area contributed by atoms with Gasteiger partial charge in [-0.25, -0.2) is 0 Å². The zero-order chi connectivity index (χ0) is 6.41. The van der Waals surface area contributed by atoms with E-state index in [0.717, 1.165) is 0 Å². The maximum atomic E-state index is 8.28. The van der Waals surface area contributed by atoms with Crippen molar-refractivity contribution in [2.24, 2.45) is 0 Å². The molecule has 5 heteroatoms. The van der Waals surface area contributed by atoms with Gasteiger partial charge in [-0.1, -0.05) is 21.6 Å². The van der Waals surface area contributed by atoms with Gasteiger partial charge in [-0.15, -0.1) is 0 Å². The van der Waals surface area contributed by atoms with Crippen molar-refractivity contribution in [3.8, 4) is 0 Å². The fourth-order valence-corrected chi connectivity index (χ4v) is 1.99. The molecule has 0 heterocycles. The topological polar surface area (TPSA) is 40.5 Å². The van der Waals surface area contributed by atoms with Crippen molar-refractivity contribution in [2.75, 3.05) is 10.8 Å². The fourth-order valence-electron chi connectivity index (χ4n) is 0.146. The van der Waals surface area contributed by atoms with Gasteiger partial charge in [0.05, 0.1) is 5.75 Å². The third kappa shape index (κ3) is 6.97. The fraction of sp³-hybridized carbons (Fsp3) is 1.00. The number of thiol groups is 1. The molecule has 0 atom stereocenters. The highest BCUT2D eigenvalue weighted by Gasteiger charge is 1.94. The highest BCUT2D eigenvalue weighted by Crippen LogP contribution is 2.21. The lowest BCUT2D eigenvalue weighted by Crippen LogP contribution is -2.05. The van der Waals surface area contributed by atoms with E-state index in [9.17, 15) is 0 Å². The van der Waals surface area contributed by atoms with Gasteiger partial charge in [0, 0.05) is 5.08 Å². The van der Waals surface area contributed by atoms with E-state index in [0.29, 0.717) is 10.8 Å². The molecule has 0 rings (SSSR count). The molecule has 0 amide bonds. The van der Waals surface area contributed by atoms with Gasteiger partial charge in [-0.3, -0.25) is 0 Å². The van der Waals surface area contributed by atoms with Crippen molar-refractivity contribution in [1.29, 1.82) is 0 Å². The number of rotatable bonds is 4. The molecule has 0 fully saturated rings. The Morgan fingerprint density at radius 1 is 1.38 bits per heavy atom. The second-order valence-corrected chi connectivity index (χ2v) is 4.26. The van der Waals surface area contributed by atoms with Crippen LogP contribution >= 0.6 is 34.2 Å². The highest BCUT2D eigenvalue weighted by atomic mass is 33.1. The quantitative estimate of drug-likeness (QED) is 0.251. The molecular formula is C3H8O2S3. The van der Waals surface area contributed by atoms with E-state index in [1.165, 1.54) is 21.6 Å². The van der Waals surface area contributed by atoms with Gasteiger partial charge in [0.25, 0.3) is 0 Å². The summed E-state index contributed by atoms with van der Waals surface area (Å²) < 4.78 is 0. The first-order valence-electron chi connectivity index (χ1n) is 1.98. The third-order valence-electron chi connectivity index (χ3n) is 0.353. The van der Waals surface area contributed by atoms with Gasteiger partial charge in [-0.2, -0.15) is 12.6 Å². The van der Waals surface area contributed by atoms with Crippen molar-refractivity contribution in [1.82, 2.24) is 0 Å². The lowest BCUT2D eigenvalue weighted by Gasteiger charge is -1.98. The Labute approximate surface area is 61.9 Å². The Kier molecular flexibility index (Phi) is 6.83. The van der Waals surface area contributed by atoms with Crippen LogP contribution in [0, 0.1) is 0 Å². The lowest BCUT2D eigenvalue weighted by molar-refractivity contribution is -0.0184. The molecule has 2 N–H and O–H groups in total. The summed E-state index contributed by atoms with van der Waals surface area (Å²) in [6.07, 6.45) is -1.19. The molecule has 0 aliphatic heterocycles.